The molecule has 2 amide bonds. The summed E-state index contributed by atoms with van der Waals surface area (Å²) >= 11 is 9.52. The number of halogens is 2. The zero-order valence-electron chi connectivity index (χ0n) is 14.7. The lowest BCUT2D eigenvalue weighted by molar-refractivity contribution is -0.124. The number of carbonyl (C=O) groups excluding carboxylic acids is 2. The smallest absolute Gasteiger partial charge is 0.243 e. The van der Waals surface area contributed by atoms with Crippen molar-refractivity contribution in [3.05, 3.63) is 63.1 Å². The lowest BCUT2D eigenvalue weighted by Crippen LogP contribution is -2.39. The Labute approximate surface area is 166 Å². The molecule has 2 rings (SSSR count). The van der Waals surface area contributed by atoms with E-state index in [9.17, 15) is 9.59 Å². The van der Waals surface area contributed by atoms with Gasteiger partial charge in [-0.15, -0.1) is 0 Å². The number of anilines is 1. The van der Waals surface area contributed by atoms with Gasteiger partial charge in [0.05, 0.1) is 13.1 Å². The molecule has 0 bridgehead atoms. The molecule has 5 nitrogen and oxygen atoms in total. The highest BCUT2D eigenvalue weighted by atomic mass is 79.9. The van der Waals surface area contributed by atoms with Crippen LogP contribution in [0.5, 0.6) is 0 Å². The summed E-state index contributed by atoms with van der Waals surface area (Å²) in [6.45, 7) is 2.56. The summed E-state index contributed by atoms with van der Waals surface area (Å²) in [5.41, 5.74) is 2.53. The first kappa shape index (κ1) is 20.4. The summed E-state index contributed by atoms with van der Waals surface area (Å²) in [5, 5.41) is 5.96. The minimum atomic E-state index is -0.294. The monoisotopic (exact) mass is 437 g/mol. The van der Waals surface area contributed by atoms with Gasteiger partial charge in [0.25, 0.3) is 0 Å². The van der Waals surface area contributed by atoms with Crippen molar-refractivity contribution in [2.45, 2.75) is 13.5 Å². The molecular formula is C19H21BrClN3O2. The Balaban J connectivity index is 1.78. The van der Waals surface area contributed by atoms with Crippen molar-refractivity contribution in [1.82, 2.24) is 10.2 Å². The third-order valence-electron chi connectivity index (χ3n) is 3.80. The Kier molecular flexibility index (Phi) is 7.63. The van der Waals surface area contributed by atoms with Crippen LogP contribution in [0.4, 0.5) is 5.69 Å². The second-order valence-corrected chi connectivity index (χ2v) is 7.26. The van der Waals surface area contributed by atoms with E-state index in [0.717, 1.165) is 15.6 Å². The SMILES string of the molecule is Cc1c(Cl)cccc1NC(=O)CNC(=O)CN(C)Cc1ccccc1Br. The van der Waals surface area contributed by atoms with Gasteiger partial charge in [0.1, 0.15) is 0 Å². The quantitative estimate of drug-likeness (QED) is 0.694. The van der Waals surface area contributed by atoms with E-state index < -0.39 is 0 Å². The van der Waals surface area contributed by atoms with Crippen molar-refractivity contribution < 1.29 is 9.59 Å². The van der Waals surface area contributed by atoms with E-state index in [4.69, 9.17) is 11.6 Å². The van der Waals surface area contributed by atoms with Crippen molar-refractivity contribution >= 4 is 45.0 Å². The largest absolute Gasteiger partial charge is 0.346 e. The van der Waals surface area contributed by atoms with E-state index in [1.807, 2.05) is 43.1 Å². The zero-order chi connectivity index (χ0) is 19.1. The van der Waals surface area contributed by atoms with E-state index in [0.29, 0.717) is 17.3 Å². The fourth-order valence-corrected chi connectivity index (χ4v) is 2.98. The first-order valence-electron chi connectivity index (χ1n) is 8.10. The van der Waals surface area contributed by atoms with Gasteiger partial charge in [-0.05, 0) is 43.3 Å². The molecule has 0 aliphatic rings. The number of benzene rings is 2. The van der Waals surface area contributed by atoms with Gasteiger partial charge in [-0.25, -0.2) is 0 Å². The summed E-state index contributed by atoms with van der Waals surface area (Å²) in [5.74, 6) is -0.505. The number of nitrogens with zero attached hydrogens (tertiary/aromatic N) is 1. The highest BCUT2D eigenvalue weighted by Gasteiger charge is 2.11. The van der Waals surface area contributed by atoms with Crippen LogP contribution in [-0.4, -0.2) is 36.9 Å². The Morgan fingerprint density at radius 3 is 2.58 bits per heavy atom. The van der Waals surface area contributed by atoms with Crippen molar-refractivity contribution in [1.29, 1.82) is 0 Å². The van der Waals surface area contributed by atoms with Gasteiger partial charge in [0.2, 0.25) is 11.8 Å². The number of rotatable bonds is 7. The van der Waals surface area contributed by atoms with Gasteiger partial charge >= 0.3 is 0 Å². The number of hydrogen-bond acceptors (Lipinski definition) is 3. The number of hydrogen-bond donors (Lipinski definition) is 2. The first-order chi connectivity index (χ1) is 12.4. The second kappa shape index (κ2) is 9.71. The number of nitrogens with one attached hydrogen (secondary N) is 2. The van der Waals surface area contributed by atoms with Crippen molar-refractivity contribution in [3.63, 3.8) is 0 Å². The fourth-order valence-electron chi connectivity index (χ4n) is 2.39. The Hall–Kier alpha value is -1.89. The minimum Gasteiger partial charge on any atom is -0.346 e. The van der Waals surface area contributed by atoms with Crippen LogP contribution in [0.3, 0.4) is 0 Å². The van der Waals surface area contributed by atoms with E-state index in [2.05, 4.69) is 26.6 Å². The number of carbonyl (C=O) groups is 2. The Bertz CT molecular complexity index is 798. The number of amides is 2. The van der Waals surface area contributed by atoms with Crippen molar-refractivity contribution in [2.24, 2.45) is 0 Å². The highest BCUT2D eigenvalue weighted by molar-refractivity contribution is 9.10. The topological polar surface area (TPSA) is 61.4 Å². The van der Waals surface area contributed by atoms with Gasteiger partial charge in [0.15, 0.2) is 0 Å². The highest BCUT2D eigenvalue weighted by Crippen LogP contribution is 2.22. The normalized spacial score (nSPS) is 10.7. The lowest BCUT2D eigenvalue weighted by atomic mass is 10.2. The van der Waals surface area contributed by atoms with Crippen LogP contribution in [0.2, 0.25) is 5.02 Å². The Morgan fingerprint density at radius 2 is 1.85 bits per heavy atom. The summed E-state index contributed by atoms with van der Waals surface area (Å²) in [4.78, 5) is 25.9. The van der Waals surface area contributed by atoms with Crippen LogP contribution in [-0.2, 0) is 16.1 Å². The maximum atomic E-state index is 12.0. The van der Waals surface area contributed by atoms with Gasteiger partial charge < -0.3 is 10.6 Å². The molecule has 0 radical (unpaired) electrons. The molecular weight excluding hydrogens is 418 g/mol. The molecule has 0 aliphatic heterocycles. The third kappa shape index (κ3) is 6.12. The summed E-state index contributed by atoms with van der Waals surface area (Å²) < 4.78 is 1.00. The molecule has 2 N–H and O–H groups in total. The van der Waals surface area contributed by atoms with Gasteiger partial charge in [-0.3, -0.25) is 14.5 Å². The Morgan fingerprint density at radius 1 is 1.12 bits per heavy atom. The van der Waals surface area contributed by atoms with Crippen LogP contribution in [0.25, 0.3) is 0 Å². The predicted molar refractivity (Wildman–Crippen MR) is 108 cm³/mol. The minimum absolute atomic E-state index is 0.0896. The molecule has 0 saturated carbocycles. The van der Waals surface area contributed by atoms with Crippen LogP contribution in [0, 0.1) is 6.92 Å². The number of likely N-dealkylation sites (N-methyl/N-ethyl adjacent to an activating group) is 1. The van der Waals surface area contributed by atoms with Crippen molar-refractivity contribution in [3.8, 4) is 0 Å². The molecule has 0 unspecified atom stereocenters. The van der Waals surface area contributed by atoms with Crippen LogP contribution >= 0.6 is 27.5 Å². The second-order valence-electron chi connectivity index (χ2n) is 6.00. The lowest BCUT2D eigenvalue weighted by Gasteiger charge is -2.17. The summed E-state index contributed by atoms with van der Waals surface area (Å²) in [6, 6.07) is 13.2. The summed E-state index contributed by atoms with van der Waals surface area (Å²) in [7, 11) is 1.86. The summed E-state index contributed by atoms with van der Waals surface area (Å²) in [6.07, 6.45) is 0. The third-order valence-corrected chi connectivity index (χ3v) is 4.98. The molecule has 0 fully saturated rings. The van der Waals surface area contributed by atoms with E-state index in [-0.39, 0.29) is 24.9 Å². The molecule has 0 aromatic heterocycles. The molecule has 2 aromatic rings. The average Bonchev–Trinajstić information content (AvgIpc) is 2.59. The fraction of sp³-hybridized carbons (Fsp3) is 0.263. The van der Waals surface area contributed by atoms with E-state index in [1.165, 1.54) is 0 Å². The zero-order valence-corrected chi connectivity index (χ0v) is 17.0. The van der Waals surface area contributed by atoms with E-state index in [1.54, 1.807) is 18.2 Å². The van der Waals surface area contributed by atoms with E-state index >= 15 is 0 Å². The molecule has 0 spiro atoms. The average molecular weight is 439 g/mol. The molecule has 0 heterocycles. The molecule has 7 heteroatoms. The van der Waals surface area contributed by atoms with Crippen LogP contribution in [0.1, 0.15) is 11.1 Å². The molecule has 0 aliphatic carbocycles. The van der Waals surface area contributed by atoms with Crippen LogP contribution in [0.15, 0.2) is 46.9 Å². The van der Waals surface area contributed by atoms with Gasteiger partial charge in [-0.2, -0.15) is 0 Å². The van der Waals surface area contributed by atoms with Crippen molar-refractivity contribution in [2.75, 3.05) is 25.5 Å². The standard InChI is InChI=1S/C19H21BrClN3O2/c1-13-16(21)8-5-9-17(13)23-18(25)10-22-19(26)12-24(2)11-14-6-3-4-7-15(14)20/h3-9H,10-12H2,1-2H3,(H,22,26)(H,23,25). The maximum Gasteiger partial charge on any atom is 0.243 e. The van der Waals surface area contributed by atoms with Gasteiger partial charge in [-0.1, -0.05) is 51.8 Å². The molecule has 2 aromatic carbocycles. The van der Waals surface area contributed by atoms with Crippen LogP contribution < -0.4 is 10.6 Å². The van der Waals surface area contributed by atoms with Gasteiger partial charge in [0, 0.05) is 21.7 Å². The molecule has 138 valence electrons. The first-order valence-corrected chi connectivity index (χ1v) is 9.27. The molecule has 26 heavy (non-hydrogen) atoms. The molecule has 0 atom stereocenters. The maximum absolute atomic E-state index is 12.0. The molecule has 0 saturated heterocycles. The predicted octanol–water partition coefficient (Wildman–Crippen LogP) is 3.60.